The van der Waals surface area contributed by atoms with Gasteiger partial charge in [-0.05, 0) is 37.1 Å². The SMILES string of the molecule is Cc1cccc(C)c1Nc1nc2ccccc2[nH]1.Cl. The molecule has 98 valence electrons. The number of halogens is 1. The number of aromatic nitrogens is 2. The van der Waals surface area contributed by atoms with Crippen molar-refractivity contribution in [2.45, 2.75) is 13.8 Å². The van der Waals surface area contributed by atoms with Gasteiger partial charge in [0.05, 0.1) is 11.0 Å². The van der Waals surface area contributed by atoms with Gasteiger partial charge in [-0.3, -0.25) is 0 Å². The van der Waals surface area contributed by atoms with Gasteiger partial charge >= 0.3 is 0 Å². The van der Waals surface area contributed by atoms with E-state index in [0.29, 0.717) is 0 Å². The van der Waals surface area contributed by atoms with Crippen molar-refractivity contribution in [3.63, 3.8) is 0 Å². The standard InChI is InChI=1S/C15H15N3.ClH/c1-10-6-5-7-11(2)14(10)18-15-16-12-8-3-4-9-13(12)17-15;/h3-9H,1-2H3,(H2,16,17,18);1H. The number of nitrogens with zero attached hydrogens (tertiary/aromatic N) is 1. The summed E-state index contributed by atoms with van der Waals surface area (Å²) in [6, 6.07) is 14.3. The van der Waals surface area contributed by atoms with E-state index in [2.05, 4.69) is 47.3 Å². The van der Waals surface area contributed by atoms with Crippen LogP contribution in [0.15, 0.2) is 42.5 Å². The zero-order valence-corrected chi connectivity index (χ0v) is 11.7. The molecule has 3 rings (SSSR count). The van der Waals surface area contributed by atoms with Crippen molar-refractivity contribution in [1.82, 2.24) is 9.97 Å². The van der Waals surface area contributed by atoms with Crippen molar-refractivity contribution < 1.29 is 0 Å². The van der Waals surface area contributed by atoms with E-state index in [1.54, 1.807) is 0 Å². The van der Waals surface area contributed by atoms with Gasteiger partial charge in [0.15, 0.2) is 0 Å². The van der Waals surface area contributed by atoms with Crippen molar-refractivity contribution in [2.75, 3.05) is 5.32 Å². The van der Waals surface area contributed by atoms with Gasteiger partial charge in [0.1, 0.15) is 0 Å². The lowest BCUT2D eigenvalue weighted by Gasteiger charge is -2.09. The lowest BCUT2D eigenvalue weighted by atomic mass is 10.1. The van der Waals surface area contributed by atoms with Crippen LogP contribution in [-0.4, -0.2) is 9.97 Å². The van der Waals surface area contributed by atoms with Crippen LogP contribution in [0.4, 0.5) is 11.6 Å². The van der Waals surface area contributed by atoms with Crippen LogP contribution < -0.4 is 5.32 Å². The summed E-state index contributed by atoms with van der Waals surface area (Å²) < 4.78 is 0. The number of H-pyrrole nitrogens is 1. The second kappa shape index (κ2) is 5.33. The maximum absolute atomic E-state index is 4.52. The third-order valence-corrected chi connectivity index (χ3v) is 3.11. The monoisotopic (exact) mass is 273 g/mol. The summed E-state index contributed by atoms with van der Waals surface area (Å²) in [5.74, 6) is 0.786. The van der Waals surface area contributed by atoms with Gasteiger partial charge in [-0.2, -0.15) is 0 Å². The van der Waals surface area contributed by atoms with Crippen LogP contribution >= 0.6 is 12.4 Å². The largest absolute Gasteiger partial charge is 0.325 e. The summed E-state index contributed by atoms with van der Waals surface area (Å²) in [4.78, 5) is 7.80. The van der Waals surface area contributed by atoms with Crippen LogP contribution in [0.3, 0.4) is 0 Å². The van der Waals surface area contributed by atoms with Crippen LogP contribution in [0.5, 0.6) is 0 Å². The number of aromatic amines is 1. The molecule has 0 bridgehead atoms. The molecule has 0 saturated heterocycles. The van der Waals surface area contributed by atoms with E-state index >= 15 is 0 Å². The Morgan fingerprint density at radius 2 is 1.63 bits per heavy atom. The third kappa shape index (κ3) is 2.56. The molecule has 0 saturated carbocycles. The Bertz CT molecular complexity index is 650. The molecule has 0 unspecified atom stereocenters. The Morgan fingerprint density at radius 3 is 2.32 bits per heavy atom. The van der Waals surface area contributed by atoms with E-state index in [1.807, 2.05) is 24.3 Å². The van der Waals surface area contributed by atoms with Crippen molar-refractivity contribution >= 4 is 35.1 Å². The summed E-state index contributed by atoms with van der Waals surface area (Å²) in [5, 5.41) is 3.36. The maximum Gasteiger partial charge on any atom is 0.205 e. The smallest absolute Gasteiger partial charge is 0.205 e. The average Bonchev–Trinajstić information content (AvgIpc) is 2.76. The molecule has 3 aromatic rings. The molecule has 0 radical (unpaired) electrons. The molecule has 0 amide bonds. The topological polar surface area (TPSA) is 40.7 Å². The summed E-state index contributed by atoms with van der Waals surface area (Å²) in [5.41, 5.74) is 5.58. The number of rotatable bonds is 2. The van der Waals surface area contributed by atoms with Crippen LogP contribution in [0, 0.1) is 13.8 Å². The van der Waals surface area contributed by atoms with Crippen molar-refractivity contribution in [3.8, 4) is 0 Å². The van der Waals surface area contributed by atoms with E-state index in [0.717, 1.165) is 22.7 Å². The molecular formula is C15H16ClN3. The molecule has 0 spiro atoms. The second-order valence-electron chi connectivity index (χ2n) is 4.49. The number of hydrogen-bond acceptors (Lipinski definition) is 2. The lowest BCUT2D eigenvalue weighted by molar-refractivity contribution is 1.27. The maximum atomic E-state index is 4.52. The van der Waals surface area contributed by atoms with Crippen LogP contribution in [0.25, 0.3) is 11.0 Å². The fourth-order valence-electron chi connectivity index (χ4n) is 2.14. The molecule has 2 N–H and O–H groups in total. The molecule has 0 atom stereocenters. The van der Waals surface area contributed by atoms with E-state index in [9.17, 15) is 0 Å². The number of hydrogen-bond donors (Lipinski definition) is 2. The average molecular weight is 274 g/mol. The summed E-state index contributed by atoms with van der Waals surface area (Å²) in [6.45, 7) is 4.19. The minimum Gasteiger partial charge on any atom is -0.325 e. The highest BCUT2D eigenvalue weighted by atomic mass is 35.5. The minimum atomic E-state index is 0. The number of benzene rings is 2. The highest BCUT2D eigenvalue weighted by Gasteiger charge is 2.05. The first kappa shape index (κ1) is 13.4. The van der Waals surface area contributed by atoms with Crippen LogP contribution in [-0.2, 0) is 0 Å². The Kier molecular flexibility index (Phi) is 3.76. The highest BCUT2D eigenvalue weighted by molar-refractivity contribution is 5.85. The molecule has 19 heavy (non-hydrogen) atoms. The van der Waals surface area contributed by atoms with E-state index in [1.165, 1.54) is 11.1 Å². The first-order chi connectivity index (χ1) is 8.74. The fraction of sp³-hybridized carbons (Fsp3) is 0.133. The number of aryl methyl sites for hydroxylation is 2. The quantitative estimate of drug-likeness (QED) is 0.729. The van der Waals surface area contributed by atoms with Gasteiger partial charge in [0.2, 0.25) is 5.95 Å². The number of imidazole rings is 1. The Morgan fingerprint density at radius 1 is 0.947 bits per heavy atom. The molecule has 0 aliphatic rings. The molecular weight excluding hydrogens is 258 g/mol. The van der Waals surface area contributed by atoms with Crippen LogP contribution in [0.2, 0.25) is 0 Å². The number of fused-ring (bicyclic) bond motifs is 1. The fourth-order valence-corrected chi connectivity index (χ4v) is 2.14. The first-order valence-electron chi connectivity index (χ1n) is 6.02. The normalized spacial score (nSPS) is 10.2. The number of anilines is 2. The Labute approximate surface area is 118 Å². The van der Waals surface area contributed by atoms with Crippen LogP contribution in [0.1, 0.15) is 11.1 Å². The first-order valence-corrected chi connectivity index (χ1v) is 6.02. The zero-order valence-electron chi connectivity index (χ0n) is 10.9. The van der Waals surface area contributed by atoms with Gasteiger partial charge in [-0.1, -0.05) is 30.3 Å². The zero-order chi connectivity index (χ0) is 12.5. The molecule has 0 aliphatic carbocycles. The molecule has 4 heteroatoms. The Hall–Kier alpha value is -2.00. The summed E-state index contributed by atoms with van der Waals surface area (Å²) in [6.07, 6.45) is 0. The summed E-state index contributed by atoms with van der Waals surface area (Å²) in [7, 11) is 0. The molecule has 0 aliphatic heterocycles. The predicted molar refractivity (Wildman–Crippen MR) is 82.5 cm³/mol. The predicted octanol–water partition coefficient (Wildman–Crippen LogP) is 4.35. The van der Waals surface area contributed by atoms with Crippen molar-refractivity contribution in [3.05, 3.63) is 53.6 Å². The van der Waals surface area contributed by atoms with Gasteiger partial charge in [0.25, 0.3) is 0 Å². The second-order valence-corrected chi connectivity index (χ2v) is 4.49. The molecule has 2 aromatic carbocycles. The number of nitrogens with one attached hydrogen (secondary N) is 2. The number of para-hydroxylation sites is 3. The van der Waals surface area contributed by atoms with Crippen molar-refractivity contribution in [1.29, 1.82) is 0 Å². The molecule has 1 heterocycles. The van der Waals surface area contributed by atoms with Gasteiger partial charge in [-0.25, -0.2) is 4.98 Å². The molecule has 0 fully saturated rings. The van der Waals surface area contributed by atoms with E-state index in [-0.39, 0.29) is 12.4 Å². The third-order valence-electron chi connectivity index (χ3n) is 3.11. The molecule has 1 aromatic heterocycles. The van der Waals surface area contributed by atoms with Gasteiger partial charge in [-0.15, -0.1) is 12.4 Å². The van der Waals surface area contributed by atoms with Gasteiger partial charge < -0.3 is 10.3 Å². The van der Waals surface area contributed by atoms with E-state index < -0.39 is 0 Å². The Balaban J connectivity index is 0.00000133. The summed E-state index contributed by atoms with van der Waals surface area (Å²) >= 11 is 0. The van der Waals surface area contributed by atoms with E-state index in [4.69, 9.17) is 0 Å². The van der Waals surface area contributed by atoms with Gasteiger partial charge in [0, 0.05) is 5.69 Å². The van der Waals surface area contributed by atoms with Crippen molar-refractivity contribution in [2.24, 2.45) is 0 Å². The lowest BCUT2D eigenvalue weighted by Crippen LogP contribution is -1.97. The molecule has 3 nitrogen and oxygen atoms in total. The highest BCUT2D eigenvalue weighted by Crippen LogP contribution is 2.24. The minimum absolute atomic E-state index is 0.